The molecule has 3 aromatic rings. The van der Waals surface area contributed by atoms with Gasteiger partial charge >= 0.3 is 0 Å². The Morgan fingerprint density at radius 1 is 1.20 bits per heavy atom. The van der Waals surface area contributed by atoms with Gasteiger partial charge in [-0.1, -0.05) is 48.9 Å². The standard InChI is InChI=1S/C14H17N5S/c1-2-3-4-12-16-17-14-19(12)18-13(20-14)11-7-5-10(9-15)6-8-11/h5-8H,2-4,9,15H2,1H3. The van der Waals surface area contributed by atoms with E-state index in [4.69, 9.17) is 5.73 Å². The van der Waals surface area contributed by atoms with Crippen LogP contribution in [-0.4, -0.2) is 19.8 Å². The van der Waals surface area contributed by atoms with Crippen LogP contribution in [0.5, 0.6) is 0 Å². The summed E-state index contributed by atoms with van der Waals surface area (Å²) in [5, 5.41) is 14.0. The van der Waals surface area contributed by atoms with E-state index < -0.39 is 0 Å². The second kappa shape index (κ2) is 5.68. The summed E-state index contributed by atoms with van der Waals surface area (Å²) in [6.07, 6.45) is 3.18. The van der Waals surface area contributed by atoms with E-state index in [0.717, 1.165) is 46.2 Å². The molecule has 0 radical (unpaired) electrons. The van der Waals surface area contributed by atoms with Crippen LogP contribution in [0, 0.1) is 0 Å². The minimum atomic E-state index is 0.562. The van der Waals surface area contributed by atoms with E-state index in [2.05, 4.69) is 34.4 Å². The average molecular weight is 287 g/mol. The van der Waals surface area contributed by atoms with E-state index in [1.807, 2.05) is 16.6 Å². The lowest BCUT2D eigenvalue weighted by Crippen LogP contribution is -1.96. The third-order valence-electron chi connectivity index (χ3n) is 3.25. The molecular formula is C14H17N5S. The van der Waals surface area contributed by atoms with Crippen LogP contribution in [0.15, 0.2) is 24.3 Å². The van der Waals surface area contributed by atoms with E-state index >= 15 is 0 Å². The first kappa shape index (κ1) is 13.2. The fraction of sp³-hybridized carbons (Fsp3) is 0.357. The van der Waals surface area contributed by atoms with Crippen molar-refractivity contribution in [2.24, 2.45) is 5.73 Å². The van der Waals surface area contributed by atoms with Gasteiger partial charge in [-0.05, 0) is 12.0 Å². The Balaban J connectivity index is 1.93. The van der Waals surface area contributed by atoms with Crippen LogP contribution in [-0.2, 0) is 13.0 Å². The third-order valence-corrected chi connectivity index (χ3v) is 4.19. The normalized spacial score (nSPS) is 11.3. The third kappa shape index (κ3) is 2.44. The molecule has 5 nitrogen and oxygen atoms in total. The van der Waals surface area contributed by atoms with Crippen molar-refractivity contribution in [2.45, 2.75) is 32.7 Å². The number of hydrogen-bond donors (Lipinski definition) is 1. The summed E-state index contributed by atoms with van der Waals surface area (Å²) in [5.41, 5.74) is 7.84. The minimum absolute atomic E-state index is 0.562. The van der Waals surface area contributed by atoms with Crippen LogP contribution in [0.25, 0.3) is 15.5 Å². The molecular weight excluding hydrogens is 270 g/mol. The number of aromatic nitrogens is 4. The Hall–Kier alpha value is -1.79. The molecule has 0 fully saturated rings. The molecule has 0 aliphatic carbocycles. The van der Waals surface area contributed by atoms with Crippen molar-refractivity contribution in [3.05, 3.63) is 35.7 Å². The molecule has 0 saturated carbocycles. The zero-order valence-electron chi connectivity index (χ0n) is 11.4. The van der Waals surface area contributed by atoms with Crippen LogP contribution in [0.2, 0.25) is 0 Å². The van der Waals surface area contributed by atoms with E-state index in [-0.39, 0.29) is 0 Å². The lowest BCUT2D eigenvalue weighted by molar-refractivity contribution is 0.723. The number of benzene rings is 1. The average Bonchev–Trinajstić information content (AvgIpc) is 3.06. The molecule has 0 atom stereocenters. The molecule has 104 valence electrons. The van der Waals surface area contributed by atoms with Crippen molar-refractivity contribution >= 4 is 16.3 Å². The molecule has 0 bridgehead atoms. The van der Waals surface area contributed by atoms with Gasteiger partial charge in [0.05, 0.1) is 0 Å². The van der Waals surface area contributed by atoms with Crippen molar-refractivity contribution in [1.82, 2.24) is 19.8 Å². The maximum Gasteiger partial charge on any atom is 0.234 e. The van der Waals surface area contributed by atoms with Crippen molar-refractivity contribution in [3.63, 3.8) is 0 Å². The summed E-state index contributed by atoms with van der Waals surface area (Å²) >= 11 is 1.57. The molecule has 20 heavy (non-hydrogen) atoms. The molecule has 0 aliphatic heterocycles. The maximum absolute atomic E-state index is 5.61. The van der Waals surface area contributed by atoms with E-state index in [1.54, 1.807) is 11.3 Å². The summed E-state index contributed by atoms with van der Waals surface area (Å²) in [7, 11) is 0. The summed E-state index contributed by atoms with van der Waals surface area (Å²) in [5.74, 6) is 0.947. The quantitative estimate of drug-likeness (QED) is 0.783. The molecule has 3 rings (SSSR count). The molecule has 0 saturated heterocycles. The largest absolute Gasteiger partial charge is 0.326 e. The van der Waals surface area contributed by atoms with Crippen LogP contribution in [0.3, 0.4) is 0 Å². The van der Waals surface area contributed by atoms with Crippen LogP contribution >= 0.6 is 11.3 Å². The SMILES string of the molecule is CCCCc1nnc2sc(-c3ccc(CN)cc3)nn12. The Bertz CT molecular complexity index is 698. The van der Waals surface area contributed by atoms with Crippen molar-refractivity contribution in [1.29, 1.82) is 0 Å². The molecule has 0 unspecified atom stereocenters. The summed E-state index contributed by atoms with van der Waals surface area (Å²) in [6, 6.07) is 8.19. The highest BCUT2D eigenvalue weighted by Crippen LogP contribution is 2.25. The van der Waals surface area contributed by atoms with Gasteiger partial charge in [0.15, 0.2) is 5.82 Å². The molecule has 6 heteroatoms. The topological polar surface area (TPSA) is 69.1 Å². The molecule has 2 N–H and O–H groups in total. The fourth-order valence-electron chi connectivity index (χ4n) is 2.05. The highest BCUT2D eigenvalue weighted by atomic mass is 32.1. The first-order valence-electron chi connectivity index (χ1n) is 6.82. The number of unbranched alkanes of at least 4 members (excludes halogenated alkanes) is 1. The fourth-order valence-corrected chi connectivity index (χ4v) is 2.91. The second-order valence-electron chi connectivity index (χ2n) is 4.72. The smallest absolute Gasteiger partial charge is 0.234 e. The van der Waals surface area contributed by atoms with Gasteiger partial charge < -0.3 is 5.73 Å². The molecule has 2 aromatic heterocycles. The van der Waals surface area contributed by atoms with E-state index in [1.165, 1.54) is 0 Å². The number of fused-ring (bicyclic) bond motifs is 1. The van der Waals surface area contributed by atoms with Gasteiger partial charge in [-0.25, -0.2) is 0 Å². The Kier molecular flexibility index (Phi) is 3.75. The summed E-state index contributed by atoms with van der Waals surface area (Å²) in [4.78, 5) is 0.856. The van der Waals surface area contributed by atoms with Crippen molar-refractivity contribution in [3.8, 4) is 10.6 Å². The van der Waals surface area contributed by atoms with Crippen molar-refractivity contribution < 1.29 is 0 Å². The monoisotopic (exact) mass is 287 g/mol. The van der Waals surface area contributed by atoms with Gasteiger partial charge in [0.25, 0.3) is 0 Å². The lowest BCUT2D eigenvalue weighted by atomic mass is 10.1. The van der Waals surface area contributed by atoms with Crippen molar-refractivity contribution in [2.75, 3.05) is 0 Å². The van der Waals surface area contributed by atoms with Crippen LogP contribution in [0.4, 0.5) is 0 Å². The lowest BCUT2D eigenvalue weighted by Gasteiger charge is -1.98. The summed E-state index contributed by atoms with van der Waals surface area (Å²) < 4.78 is 1.87. The zero-order valence-corrected chi connectivity index (χ0v) is 12.2. The number of rotatable bonds is 5. The number of hydrogen-bond acceptors (Lipinski definition) is 5. The zero-order chi connectivity index (χ0) is 13.9. The molecule has 0 amide bonds. The predicted molar refractivity (Wildman–Crippen MR) is 80.6 cm³/mol. The first-order chi connectivity index (χ1) is 9.81. The van der Waals surface area contributed by atoms with Gasteiger partial charge in [-0.3, -0.25) is 0 Å². The van der Waals surface area contributed by atoms with Crippen LogP contribution in [0.1, 0.15) is 31.2 Å². The highest BCUT2D eigenvalue weighted by Gasteiger charge is 2.12. The Labute approximate surface area is 121 Å². The molecule has 2 heterocycles. The van der Waals surface area contributed by atoms with Gasteiger partial charge in [0.1, 0.15) is 5.01 Å². The number of nitrogens with zero attached hydrogens (tertiary/aromatic N) is 4. The second-order valence-corrected chi connectivity index (χ2v) is 5.68. The summed E-state index contributed by atoms with van der Waals surface area (Å²) in [6.45, 7) is 2.73. The first-order valence-corrected chi connectivity index (χ1v) is 7.64. The van der Waals surface area contributed by atoms with Gasteiger partial charge in [0.2, 0.25) is 4.96 Å². The van der Waals surface area contributed by atoms with Gasteiger partial charge in [0, 0.05) is 18.5 Å². The molecule has 0 spiro atoms. The van der Waals surface area contributed by atoms with Gasteiger partial charge in [-0.15, -0.1) is 10.2 Å². The minimum Gasteiger partial charge on any atom is -0.326 e. The van der Waals surface area contributed by atoms with Gasteiger partial charge in [-0.2, -0.15) is 9.61 Å². The Morgan fingerprint density at radius 3 is 2.70 bits per heavy atom. The van der Waals surface area contributed by atoms with E-state index in [9.17, 15) is 0 Å². The maximum atomic E-state index is 5.61. The molecule has 1 aromatic carbocycles. The van der Waals surface area contributed by atoms with Crippen LogP contribution < -0.4 is 5.73 Å². The molecule has 0 aliphatic rings. The number of aryl methyl sites for hydroxylation is 1. The Morgan fingerprint density at radius 2 is 2.00 bits per heavy atom. The highest BCUT2D eigenvalue weighted by molar-refractivity contribution is 7.19. The predicted octanol–water partition coefficient (Wildman–Crippen LogP) is 2.65. The number of nitrogens with two attached hydrogens (primary N) is 1. The van der Waals surface area contributed by atoms with E-state index in [0.29, 0.717) is 6.54 Å².